The molecule has 6 nitrogen and oxygen atoms in total. The molecule has 0 aromatic heterocycles. The van der Waals surface area contributed by atoms with E-state index in [-0.39, 0.29) is 13.2 Å². The van der Waals surface area contributed by atoms with Crippen LogP contribution in [0.4, 0.5) is 0 Å². The topological polar surface area (TPSA) is 78.7 Å². The Labute approximate surface area is 89.8 Å². The highest BCUT2D eigenvalue weighted by molar-refractivity contribution is 9.09. The molecule has 0 aliphatic carbocycles. The first-order chi connectivity index (χ1) is 6.54. The number of hydrogen-bond acceptors (Lipinski definition) is 5. The predicted molar refractivity (Wildman–Crippen MR) is 51.8 cm³/mol. The van der Waals surface area contributed by atoms with Gasteiger partial charge in [-0.25, -0.2) is 4.79 Å². The van der Waals surface area contributed by atoms with Gasteiger partial charge in [0.05, 0.1) is 6.61 Å². The van der Waals surface area contributed by atoms with Gasteiger partial charge >= 0.3 is 10.9 Å². The molecule has 2 atom stereocenters. The van der Waals surface area contributed by atoms with Crippen LogP contribution >= 0.6 is 15.9 Å². The molecule has 0 saturated carbocycles. The number of carbonyl (C=O) groups excluding carboxylic acids is 1. The molecule has 0 heterocycles. The van der Waals surface area contributed by atoms with Gasteiger partial charge in [-0.3, -0.25) is 10.1 Å². The lowest BCUT2D eigenvalue weighted by molar-refractivity contribution is -0.502. The molecule has 0 aliphatic heterocycles. The highest BCUT2D eigenvalue weighted by atomic mass is 79.9. The van der Waals surface area contributed by atoms with Crippen LogP contribution in [-0.2, 0) is 14.3 Å². The van der Waals surface area contributed by atoms with E-state index in [1.807, 2.05) is 0 Å². The summed E-state index contributed by atoms with van der Waals surface area (Å²) in [6.45, 7) is 3.64. The first-order valence-corrected chi connectivity index (χ1v) is 5.01. The summed E-state index contributed by atoms with van der Waals surface area (Å²) in [7, 11) is 0. The lowest BCUT2D eigenvalue weighted by Gasteiger charge is -2.14. The van der Waals surface area contributed by atoms with E-state index in [1.165, 1.54) is 0 Å². The Morgan fingerprint density at radius 3 is 2.43 bits per heavy atom. The smallest absolute Gasteiger partial charge is 0.343 e. The second-order valence-electron chi connectivity index (χ2n) is 2.29. The van der Waals surface area contributed by atoms with Crippen LogP contribution in [0.2, 0.25) is 0 Å². The molecule has 0 amide bonds. The SMILES string of the molecule is CCOC(=O)C(OCC)C(Br)[N+](=O)[O-]. The standard InChI is InChI=1S/C7H12BrNO5/c1-3-13-5(6(8)9(11)12)7(10)14-4-2/h5-6H,3-4H2,1-2H3. The molecule has 0 bridgehead atoms. The summed E-state index contributed by atoms with van der Waals surface area (Å²) in [4.78, 5) is 19.7. The average Bonchev–Trinajstić information content (AvgIpc) is 2.13. The molecule has 2 unspecified atom stereocenters. The second kappa shape index (κ2) is 6.72. The average molecular weight is 270 g/mol. The van der Waals surface area contributed by atoms with E-state index < -0.39 is 21.9 Å². The Balaban J connectivity index is 4.41. The van der Waals surface area contributed by atoms with Gasteiger partial charge in [0.2, 0.25) is 6.10 Å². The van der Waals surface area contributed by atoms with Gasteiger partial charge in [0.1, 0.15) is 0 Å². The van der Waals surface area contributed by atoms with E-state index in [0.717, 1.165) is 0 Å². The van der Waals surface area contributed by atoms with Crippen LogP contribution in [-0.4, -0.2) is 35.2 Å². The fraction of sp³-hybridized carbons (Fsp3) is 0.857. The largest absolute Gasteiger partial charge is 0.464 e. The highest BCUT2D eigenvalue weighted by Crippen LogP contribution is 2.12. The maximum atomic E-state index is 11.2. The number of carbonyl (C=O) groups is 1. The Hall–Kier alpha value is -0.690. The minimum atomic E-state index is -1.28. The van der Waals surface area contributed by atoms with E-state index in [1.54, 1.807) is 13.8 Å². The van der Waals surface area contributed by atoms with Gasteiger partial charge in [-0.05, 0) is 13.8 Å². The van der Waals surface area contributed by atoms with Crippen LogP contribution < -0.4 is 0 Å². The van der Waals surface area contributed by atoms with Crippen molar-refractivity contribution in [1.82, 2.24) is 0 Å². The van der Waals surface area contributed by atoms with Crippen molar-refractivity contribution in [2.45, 2.75) is 24.9 Å². The van der Waals surface area contributed by atoms with Gasteiger partial charge in [0.25, 0.3) is 0 Å². The van der Waals surface area contributed by atoms with E-state index >= 15 is 0 Å². The summed E-state index contributed by atoms with van der Waals surface area (Å²) in [6.07, 6.45) is -1.20. The van der Waals surface area contributed by atoms with Crippen molar-refractivity contribution in [3.05, 3.63) is 10.1 Å². The van der Waals surface area contributed by atoms with Crippen molar-refractivity contribution in [2.75, 3.05) is 13.2 Å². The van der Waals surface area contributed by atoms with Crippen molar-refractivity contribution in [3.8, 4) is 0 Å². The molecule has 0 aliphatic rings. The monoisotopic (exact) mass is 269 g/mol. The van der Waals surface area contributed by atoms with Gasteiger partial charge in [-0.15, -0.1) is 0 Å². The Morgan fingerprint density at radius 2 is 2.07 bits per heavy atom. The predicted octanol–water partition coefficient (Wildman–Crippen LogP) is 0.952. The van der Waals surface area contributed by atoms with Crippen LogP contribution in [0.15, 0.2) is 0 Å². The van der Waals surface area contributed by atoms with Crippen LogP contribution in [0.1, 0.15) is 13.8 Å². The normalized spacial score (nSPS) is 14.5. The Kier molecular flexibility index (Phi) is 6.39. The summed E-state index contributed by atoms with van der Waals surface area (Å²) in [5.41, 5.74) is 0. The molecule has 82 valence electrons. The third-order valence-electron chi connectivity index (χ3n) is 1.32. The number of halogens is 1. The van der Waals surface area contributed by atoms with Crippen LogP contribution in [0.3, 0.4) is 0 Å². The van der Waals surface area contributed by atoms with Crippen molar-refractivity contribution in [2.24, 2.45) is 0 Å². The molecule has 0 aromatic carbocycles. The maximum absolute atomic E-state index is 11.2. The minimum absolute atomic E-state index is 0.167. The number of hydrogen-bond donors (Lipinski definition) is 0. The number of ether oxygens (including phenoxy) is 2. The Bertz CT molecular complexity index is 210. The number of nitrogens with zero attached hydrogens (tertiary/aromatic N) is 1. The molecule has 7 heteroatoms. The number of nitro groups is 1. The Morgan fingerprint density at radius 1 is 1.50 bits per heavy atom. The molecule has 14 heavy (non-hydrogen) atoms. The zero-order valence-corrected chi connectivity index (χ0v) is 9.52. The maximum Gasteiger partial charge on any atom is 0.343 e. The first kappa shape index (κ1) is 13.3. The molecule has 0 spiro atoms. The van der Waals surface area contributed by atoms with Gasteiger partial charge in [0.15, 0.2) is 0 Å². The van der Waals surface area contributed by atoms with Crippen molar-refractivity contribution < 1.29 is 19.2 Å². The summed E-state index contributed by atoms with van der Waals surface area (Å²) in [5.74, 6) is -0.729. The van der Waals surface area contributed by atoms with E-state index in [0.29, 0.717) is 0 Å². The quantitative estimate of drug-likeness (QED) is 0.236. The second-order valence-corrected chi connectivity index (χ2v) is 3.22. The lowest BCUT2D eigenvalue weighted by Crippen LogP contribution is -2.39. The van der Waals surface area contributed by atoms with Crippen LogP contribution in [0, 0.1) is 10.1 Å². The zero-order valence-electron chi connectivity index (χ0n) is 7.94. The summed E-state index contributed by atoms with van der Waals surface area (Å²) in [5, 5.41) is 10.4. The fourth-order valence-corrected chi connectivity index (χ4v) is 1.14. The third kappa shape index (κ3) is 4.01. The van der Waals surface area contributed by atoms with Gasteiger partial charge < -0.3 is 9.47 Å². The molecule has 0 rings (SSSR count). The highest BCUT2D eigenvalue weighted by Gasteiger charge is 2.36. The van der Waals surface area contributed by atoms with Gasteiger partial charge in [-0.2, -0.15) is 0 Å². The molecule has 0 saturated heterocycles. The van der Waals surface area contributed by atoms with E-state index in [9.17, 15) is 14.9 Å². The van der Waals surface area contributed by atoms with E-state index in [4.69, 9.17) is 4.74 Å². The zero-order chi connectivity index (χ0) is 11.1. The molecule has 0 aromatic rings. The molecular weight excluding hydrogens is 258 g/mol. The van der Waals surface area contributed by atoms with Crippen LogP contribution in [0.25, 0.3) is 0 Å². The number of esters is 1. The van der Waals surface area contributed by atoms with Crippen molar-refractivity contribution in [1.29, 1.82) is 0 Å². The molecule has 0 radical (unpaired) electrons. The number of alkyl halides is 1. The van der Waals surface area contributed by atoms with E-state index in [2.05, 4.69) is 20.7 Å². The van der Waals surface area contributed by atoms with Crippen molar-refractivity contribution in [3.63, 3.8) is 0 Å². The molecule has 0 N–H and O–H groups in total. The van der Waals surface area contributed by atoms with Crippen LogP contribution in [0.5, 0.6) is 0 Å². The van der Waals surface area contributed by atoms with Gasteiger partial charge in [-0.1, -0.05) is 0 Å². The molecular formula is C7H12BrNO5. The third-order valence-corrected chi connectivity index (χ3v) is 2.13. The summed E-state index contributed by atoms with van der Waals surface area (Å²) in [6, 6.07) is 0. The summed E-state index contributed by atoms with van der Waals surface area (Å²) < 4.78 is 9.55. The summed E-state index contributed by atoms with van der Waals surface area (Å²) >= 11 is 2.76. The minimum Gasteiger partial charge on any atom is -0.464 e. The lowest BCUT2D eigenvalue weighted by atomic mass is 10.3. The molecule has 0 fully saturated rings. The number of rotatable bonds is 6. The fourth-order valence-electron chi connectivity index (χ4n) is 0.774. The van der Waals surface area contributed by atoms with Gasteiger partial charge in [0, 0.05) is 27.5 Å². The van der Waals surface area contributed by atoms with Crippen molar-refractivity contribution >= 4 is 21.9 Å². The first-order valence-electron chi connectivity index (χ1n) is 4.10.